The Morgan fingerprint density at radius 1 is 1.24 bits per heavy atom. The topological polar surface area (TPSA) is 43.8 Å². The van der Waals surface area contributed by atoms with Crippen molar-refractivity contribution >= 4 is 5.82 Å². The molecular weight excluding hydrogens is 210 g/mol. The number of hydrogen-bond donors (Lipinski definition) is 1. The number of aromatic nitrogens is 2. The molecule has 0 aliphatic carbocycles. The van der Waals surface area contributed by atoms with Crippen LogP contribution in [0.4, 0.5) is 5.82 Å². The first-order valence-corrected chi connectivity index (χ1v) is 5.95. The van der Waals surface area contributed by atoms with Gasteiger partial charge in [-0.1, -0.05) is 43.7 Å². The molecule has 0 aliphatic heterocycles. The van der Waals surface area contributed by atoms with E-state index in [-0.39, 0.29) is 0 Å². The van der Waals surface area contributed by atoms with Crippen molar-refractivity contribution in [2.45, 2.75) is 33.2 Å². The maximum Gasteiger partial charge on any atom is 0.122 e. The Hall–Kier alpha value is -1.77. The van der Waals surface area contributed by atoms with Crippen LogP contribution in [0.5, 0.6) is 0 Å². The van der Waals surface area contributed by atoms with E-state index in [0.717, 1.165) is 18.1 Å². The van der Waals surface area contributed by atoms with Gasteiger partial charge < -0.3 is 5.73 Å². The molecule has 1 aromatic carbocycles. The van der Waals surface area contributed by atoms with Gasteiger partial charge in [-0.15, -0.1) is 0 Å². The smallest absolute Gasteiger partial charge is 0.122 e. The van der Waals surface area contributed by atoms with E-state index in [1.165, 1.54) is 11.1 Å². The monoisotopic (exact) mass is 229 g/mol. The molecule has 1 aromatic heterocycles. The molecule has 0 spiro atoms. The van der Waals surface area contributed by atoms with E-state index in [1.807, 2.05) is 10.7 Å². The average Bonchev–Trinajstić information content (AvgIpc) is 2.64. The molecule has 17 heavy (non-hydrogen) atoms. The Bertz CT molecular complexity index is 495. The Balaban J connectivity index is 2.21. The molecule has 0 aliphatic rings. The molecular formula is C14H19N3. The van der Waals surface area contributed by atoms with Gasteiger partial charge in [0.1, 0.15) is 5.82 Å². The summed E-state index contributed by atoms with van der Waals surface area (Å²) in [6, 6.07) is 10.4. The van der Waals surface area contributed by atoms with Crippen LogP contribution in [0, 0.1) is 6.92 Å². The summed E-state index contributed by atoms with van der Waals surface area (Å²) in [5.74, 6) is 1.14. The first-order chi connectivity index (χ1) is 8.06. The summed E-state index contributed by atoms with van der Waals surface area (Å²) in [4.78, 5) is 0. The average molecular weight is 229 g/mol. The predicted molar refractivity (Wildman–Crippen MR) is 71.0 cm³/mol. The zero-order chi connectivity index (χ0) is 12.4. The van der Waals surface area contributed by atoms with Crippen molar-refractivity contribution in [1.29, 1.82) is 0 Å². The Morgan fingerprint density at radius 2 is 1.88 bits per heavy atom. The van der Waals surface area contributed by atoms with Gasteiger partial charge in [0.05, 0.1) is 12.2 Å². The third kappa shape index (κ3) is 2.67. The van der Waals surface area contributed by atoms with Crippen LogP contribution in [0.25, 0.3) is 0 Å². The molecule has 3 heteroatoms. The molecule has 0 saturated heterocycles. The van der Waals surface area contributed by atoms with Crippen LogP contribution in [0.1, 0.15) is 36.6 Å². The molecule has 0 bridgehead atoms. The van der Waals surface area contributed by atoms with Crippen LogP contribution in [-0.2, 0) is 6.54 Å². The van der Waals surface area contributed by atoms with Gasteiger partial charge in [0.15, 0.2) is 0 Å². The van der Waals surface area contributed by atoms with E-state index in [1.54, 1.807) is 0 Å². The zero-order valence-corrected chi connectivity index (χ0v) is 10.6. The molecule has 90 valence electrons. The van der Waals surface area contributed by atoms with Gasteiger partial charge >= 0.3 is 0 Å². The first kappa shape index (κ1) is 11.7. The fourth-order valence-electron chi connectivity index (χ4n) is 1.73. The molecule has 2 aromatic rings. The highest BCUT2D eigenvalue weighted by Gasteiger charge is 2.08. The Morgan fingerprint density at radius 3 is 2.41 bits per heavy atom. The molecule has 2 N–H and O–H groups in total. The van der Waals surface area contributed by atoms with Crippen LogP contribution >= 0.6 is 0 Å². The molecule has 0 amide bonds. The second kappa shape index (κ2) is 4.62. The summed E-state index contributed by atoms with van der Waals surface area (Å²) in [7, 11) is 0. The summed E-state index contributed by atoms with van der Waals surface area (Å²) in [6.45, 7) is 7.07. The van der Waals surface area contributed by atoms with Crippen LogP contribution in [0.15, 0.2) is 30.3 Å². The highest BCUT2D eigenvalue weighted by molar-refractivity contribution is 5.33. The van der Waals surface area contributed by atoms with Crippen molar-refractivity contribution in [3.63, 3.8) is 0 Å². The molecule has 0 saturated carbocycles. The summed E-state index contributed by atoms with van der Waals surface area (Å²) in [6.07, 6.45) is 0. The largest absolute Gasteiger partial charge is 0.384 e. The van der Waals surface area contributed by atoms with E-state index in [2.05, 4.69) is 50.1 Å². The van der Waals surface area contributed by atoms with Gasteiger partial charge in [-0.3, -0.25) is 0 Å². The van der Waals surface area contributed by atoms with Crippen LogP contribution < -0.4 is 5.73 Å². The summed E-state index contributed by atoms with van der Waals surface area (Å²) in [5.41, 5.74) is 9.50. The Kier molecular flexibility index (Phi) is 3.18. The van der Waals surface area contributed by atoms with Gasteiger partial charge in [0.25, 0.3) is 0 Å². The first-order valence-electron chi connectivity index (χ1n) is 5.95. The van der Waals surface area contributed by atoms with Gasteiger partial charge in [0, 0.05) is 6.07 Å². The van der Waals surface area contributed by atoms with E-state index in [4.69, 9.17) is 5.73 Å². The SMILES string of the molecule is Cc1ccc(Cn2nc(C(C)C)cc2N)cc1. The van der Waals surface area contributed by atoms with Crippen LogP contribution in [-0.4, -0.2) is 9.78 Å². The number of rotatable bonds is 3. The standard InChI is InChI=1S/C14H19N3/c1-10(2)13-8-14(15)17(16-13)9-12-6-4-11(3)5-7-12/h4-8,10H,9,15H2,1-3H3. The maximum atomic E-state index is 5.96. The second-order valence-corrected chi connectivity index (χ2v) is 4.79. The maximum absolute atomic E-state index is 5.96. The summed E-state index contributed by atoms with van der Waals surface area (Å²) < 4.78 is 1.86. The van der Waals surface area contributed by atoms with Gasteiger partial charge in [-0.25, -0.2) is 4.68 Å². The van der Waals surface area contributed by atoms with E-state index >= 15 is 0 Å². The number of nitrogens with two attached hydrogens (primary N) is 1. The molecule has 0 atom stereocenters. The normalized spacial score (nSPS) is 11.1. The molecule has 3 nitrogen and oxygen atoms in total. The summed E-state index contributed by atoms with van der Waals surface area (Å²) in [5, 5.41) is 4.52. The highest BCUT2D eigenvalue weighted by Crippen LogP contribution is 2.17. The minimum Gasteiger partial charge on any atom is -0.384 e. The lowest BCUT2D eigenvalue weighted by molar-refractivity contribution is 0.664. The van der Waals surface area contributed by atoms with E-state index < -0.39 is 0 Å². The van der Waals surface area contributed by atoms with Crippen molar-refractivity contribution in [2.24, 2.45) is 0 Å². The third-order valence-corrected chi connectivity index (χ3v) is 2.87. The lowest BCUT2D eigenvalue weighted by atomic mass is 10.1. The van der Waals surface area contributed by atoms with Gasteiger partial charge in [0.2, 0.25) is 0 Å². The van der Waals surface area contributed by atoms with Crippen LogP contribution in [0.2, 0.25) is 0 Å². The number of benzene rings is 1. The zero-order valence-electron chi connectivity index (χ0n) is 10.6. The van der Waals surface area contributed by atoms with Crippen molar-refractivity contribution in [1.82, 2.24) is 9.78 Å². The number of hydrogen-bond acceptors (Lipinski definition) is 2. The minimum atomic E-state index is 0.413. The van der Waals surface area contributed by atoms with Crippen molar-refractivity contribution < 1.29 is 0 Å². The fourth-order valence-corrected chi connectivity index (χ4v) is 1.73. The third-order valence-electron chi connectivity index (χ3n) is 2.87. The van der Waals surface area contributed by atoms with Crippen molar-refractivity contribution in [2.75, 3.05) is 5.73 Å². The fraction of sp³-hybridized carbons (Fsp3) is 0.357. The Labute approximate surface area is 102 Å². The molecule has 2 rings (SSSR count). The lowest BCUT2D eigenvalue weighted by Crippen LogP contribution is -2.06. The van der Waals surface area contributed by atoms with Crippen molar-refractivity contribution in [3.05, 3.63) is 47.2 Å². The van der Waals surface area contributed by atoms with Gasteiger partial charge in [-0.2, -0.15) is 5.10 Å². The minimum absolute atomic E-state index is 0.413. The molecule has 0 unspecified atom stereocenters. The number of nitrogens with zero attached hydrogens (tertiary/aromatic N) is 2. The number of nitrogen functional groups attached to an aromatic ring is 1. The van der Waals surface area contributed by atoms with Crippen molar-refractivity contribution in [3.8, 4) is 0 Å². The van der Waals surface area contributed by atoms with E-state index in [9.17, 15) is 0 Å². The van der Waals surface area contributed by atoms with E-state index in [0.29, 0.717) is 5.92 Å². The van der Waals surface area contributed by atoms with Gasteiger partial charge in [-0.05, 0) is 18.4 Å². The number of aryl methyl sites for hydroxylation is 1. The molecule has 1 heterocycles. The predicted octanol–water partition coefficient (Wildman–Crippen LogP) is 2.95. The lowest BCUT2D eigenvalue weighted by Gasteiger charge is -2.05. The molecule has 0 fully saturated rings. The number of anilines is 1. The highest BCUT2D eigenvalue weighted by atomic mass is 15.3. The quantitative estimate of drug-likeness (QED) is 0.879. The second-order valence-electron chi connectivity index (χ2n) is 4.79. The summed E-state index contributed by atoms with van der Waals surface area (Å²) >= 11 is 0. The molecule has 0 radical (unpaired) electrons. The van der Waals surface area contributed by atoms with Crippen LogP contribution in [0.3, 0.4) is 0 Å².